The average Bonchev–Trinajstić information content (AvgIpc) is 2.38. The first-order valence-electron chi connectivity index (χ1n) is 5.50. The lowest BCUT2D eigenvalue weighted by Crippen LogP contribution is -2.27. The monoisotopic (exact) mass is 166 g/mol. The van der Waals surface area contributed by atoms with Crippen molar-refractivity contribution in [2.75, 3.05) is 0 Å². The normalized spacial score (nSPS) is 50.0. The Morgan fingerprint density at radius 1 is 1.17 bits per heavy atom. The predicted molar refractivity (Wildman–Crippen MR) is 53.0 cm³/mol. The lowest BCUT2D eigenvalue weighted by Gasteiger charge is -2.35. The minimum atomic E-state index is 0.658. The maximum absolute atomic E-state index is 2.51. The van der Waals surface area contributed by atoms with Crippen LogP contribution in [0.3, 0.4) is 0 Å². The Bertz CT molecular complexity index is 192. The SMILES string of the molecule is CCC1(C)CC2CCC1C2(C)C. The van der Waals surface area contributed by atoms with Crippen molar-refractivity contribution in [3.05, 3.63) is 0 Å². The molecule has 2 fully saturated rings. The van der Waals surface area contributed by atoms with E-state index in [4.69, 9.17) is 0 Å². The summed E-state index contributed by atoms with van der Waals surface area (Å²) in [6, 6.07) is 0. The summed E-state index contributed by atoms with van der Waals surface area (Å²) >= 11 is 0. The fraction of sp³-hybridized carbons (Fsp3) is 1.00. The van der Waals surface area contributed by atoms with Crippen molar-refractivity contribution >= 4 is 0 Å². The fourth-order valence-electron chi connectivity index (χ4n) is 4.10. The molecule has 2 aliphatic carbocycles. The second-order valence-corrected chi connectivity index (χ2v) is 5.86. The highest BCUT2D eigenvalue weighted by Crippen LogP contribution is 2.66. The molecular formula is C12H22. The first kappa shape index (κ1) is 8.59. The van der Waals surface area contributed by atoms with Crippen LogP contribution in [0, 0.1) is 22.7 Å². The highest BCUT2D eigenvalue weighted by molar-refractivity contribution is 5.07. The number of hydrogen-bond donors (Lipinski definition) is 0. The Labute approximate surface area is 76.7 Å². The van der Waals surface area contributed by atoms with Crippen LogP contribution < -0.4 is 0 Å². The zero-order chi connectivity index (χ0) is 8.98. The fourth-order valence-corrected chi connectivity index (χ4v) is 4.10. The largest absolute Gasteiger partial charge is 0.0649 e. The summed E-state index contributed by atoms with van der Waals surface area (Å²) in [5.74, 6) is 2.05. The van der Waals surface area contributed by atoms with Gasteiger partial charge in [0.1, 0.15) is 0 Å². The van der Waals surface area contributed by atoms with E-state index in [1.165, 1.54) is 25.7 Å². The quantitative estimate of drug-likeness (QED) is 0.555. The molecule has 0 spiro atoms. The van der Waals surface area contributed by atoms with Crippen molar-refractivity contribution in [3.63, 3.8) is 0 Å². The van der Waals surface area contributed by atoms with Crippen LogP contribution in [0.15, 0.2) is 0 Å². The summed E-state index contributed by atoms with van der Waals surface area (Å²) in [6.07, 6.45) is 5.90. The zero-order valence-electron chi connectivity index (χ0n) is 8.98. The standard InChI is InChI=1S/C12H22/c1-5-12(4)8-9-6-7-10(12)11(9,2)3/h9-10H,5-8H2,1-4H3. The first-order valence-corrected chi connectivity index (χ1v) is 5.50. The molecule has 0 aromatic carbocycles. The van der Waals surface area contributed by atoms with Crippen molar-refractivity contribution in [2.45, 2.75) is 53.4 Å². The summed E-state index contributed by atoms with van der Waals surface area (Å²) < 4.78 is 0. The number of fused-ring (bicyclic) bond motifs is 2. The lowest BCUT2D eigenvalue weighted by molar-refractivity contribution is 0.144. The molecule has 2 rings (SSSR count). The van der Waals surface area contributed by atoms with Gasteiger partial charge in [-0.2, -0.15) is 0 Å². The average molecular weight is 166 g/mol. The molecule has 2 bridgehead atoms. The van der Waals surface area contributed by atoms with Crippen LogP contribution in [0.5, 0.6) is 0 Å². The van der Waals surface area contributed by atoms with Gasteiger partial charge in [-0.05, 0) is 41.9 Å². The summed E-state index contributed by atoms with van der Waals surface area (Å²) in [7, 11) is 0. The zero-order valence-corrected chi connectivity index (χ0v) is 8.98. The maximum Gasteiger partial charge on any atom is -0.0292 e. The molecule has 0 aliphatic heterocycles. The highest BCUT2D eigenvalue weighted by Gasteiger charge is 2.57. The van der Waals surface area contributed by atoms with E-state index in [1.807, 2.05) is 0 Å². The molecule has 0 heterocycles. The van der Waals surface area contributed by atoms with E-state index in [0.29, 0.717) is 10.8 Å². The van der Waals surface area contributed by atoms with Gasteiger partial charge in [0.2, 0.25) is 0 Å². The highest BCUT2D eigenvalue weighted by atomic mass is 14.6. The van der Waals surface area contributed by atoms with Crippen molar-refractivity contribution in [2.24, 2.45) is 22.7 Å². The third-order valence-electron chi connectivity index (χ3n) is 5.12. The third-order valence-corrected chi connectivity index (χ3v) is 5.12. The van der Waals surface area contributed by atoms with Crippen LogP contribution in [0.4, 0.5) is 0 Å². The first-order chi connectivity index (χ1) is 5.50. The molecule has 0 aromatic rings. The van der Waals surface area contributed by atoms with Gasteiger partial charge in [-0.3, -0.25) is 0 Å². The molecule has 0 amide bonds. The van der Waals surface area contributed by atoms with Gasteiger partial charge >= 0.3 is 0 Å². The van der Waals surface area contributed by atoms with E-state index < -0.39 is 0 Å². The summed E-state index contributed by atoms with van der Waals surface area (Å²) in [5.41, 5.74) is 1.34. The maximum atomic E-state index is 2.51. The summed E-state index contributed by atoms with van der Waals surface area (Å²) in [6.45, 7) is 9.88. The Morgan fingerprint density at radius 2 is 1.83 bits per heavy atom. The molecule has 3 atom stereocenters. The van der Waals surface area contributed by atoms with Crippen molar-refractivity contribution in [1.29, 1.82) is 0 Å². The summed E-state index contributed by atoms with van der Waals surface area (Å²) in [4.78, 5) is 0. The second-order valence-electron chi connectivity index (χ2n) is 5.86. The van der Waals surface area contributed by atoms with Crippen molar-refractivity contribution in [3.8, 4) is 0 Å². The Balaban J connectivity index is 2.29. The van der Waals surface area contributed by atoms with Crippen molar-refractivity contribution < 1.29 is 0 Å². The Morgan fingerprint density at radius 3 is 2.08 bits per heavy atom. The molecule has 0 aromatic heterocycles. The van der Waals surface area contributed by atoms with E-state index in [9.17, 15) is 0 Å². The van der Waals surface area contributed by atoms with Gasteiger partial charge in [-0.15, -0.1) is 0 Å². The van der Waals surface area contributed by atoms with Crippen LogP contribution >= 0.6 is 0 Å². The molecule has 70 valence electrons. The van der Waals surface area contributed by atoms with E-state index in [1.54, 1.807) is 0 Å². The molecule has 3 unspecified atom stereocenters. The van der Waals surface area contributed by atoms with E-state index in [-0.39, 0.29) is 0 Å². The summed E-state index contributed by atoms with van der Waals surface area (Å²) in [5, 5.41) is 0. The molecule has 12 heavy (non-hydrogen) atoms. The third kappa shape index (κ3) is 0.843. The van der Waals surface area contributed by atoms with Gasteiger partial charge in [0.05, 0.1) is 0 Å². The van der Waals surface area contributed by atoms with Crippen LogP contribution in [-0.4, -0.2) is 0 Å². The van der Waals surface area contributed by atoms with Crippen LogP contribution in [0.2, 0.25) is 0 Å². The molecule has 0 saturated heterocycles. The van der Waals surface area contributed by atoms with E-state index in [0.717, 1.165) is 11.8 Å². The minimum absolute atomic E-state index is 0.658. The van der Waals surface area contributed by atoms with Gasteiger partial charge in [-0.1, -0.05) is 34.1 Å². The topological polar surface area (TPSA) is 0 Å². The predicted octanol–water partition coefficient (Wildman–Crippen LogP) is 3.86. The van der Waals surface area contributed by atoms with Crippen molar-refractivity contribution in [1.82, 2.24) is 0 Å². The molecule has 2 saturated carbocycles. The molecule has 0 N–H and O–H groups in total. The van der Waals surface area contributed by atoms with Gasteiger partial charge in [0.25, 0.3) is 0 Å². The molecule has 2 aliphatic rings. The van der Waals surface area contributed by atoms with Crippen LogP contribution in [-0.2, 0) is 0 Å². The molecule has 0 nitrogen and oxygen atoms in total. The smallest absolute Gasteiger partial charge is 0.0292 e. The minimum Gasteiger partial charge on any atom is -0.0649 e. The van der Waals surface area contributed by atoms with E-state index in [2.05, 4.69) is 27.7 Å². The van der Waals surface area contributed by atoms with E-state index >= 15 is 0 Å². The Kier molecular flexibility index (Phi) is 1.63. The molecule has 0 radical (unpaired) electrons. The second kappa shape index (κ2) is 2.27. The van der Waals surface area contributed by atoms with Crippen LogP contribution in [0.25, 0.3) is 0 Å². The molecule has 0 heteroatoms. The van der Waals surface area contributed by atoms with Gasteiger partial charge in [0, 0.05) is 0 Å². The van der Waals surface area contributed by atoms with Crippen LogP contribution in [0.1, 0.15) is 53.4 Å². The van der Waals surface area contributed by atoms with Gasteiger partial charge in [0.15, 0.2) is 0 Å². The molecular weight excluding hydrogens is 144 g/mol. The van der Waals surface area contributed by atoms with Gasteiger partial charge in [-0.25, -0.2) is 0 Å². The number of hydrogen-bond acceptors (Lipinski definition) is 0. The lowest BCUT2D eigenvalue weighted by atomic mass is 9.70. The Hall–Kier alpha value is 0. The van der Waals surface area contributed by atoms with Gasteiger partial charge < -0.3 is 0 Å². The number of rotatable bonds is 1.